The van der Waals surface area contributed by atoms with Gasteiger partial charge in [0.25, 0.3) is 10.1 Å². The van der Waals surface area contributed by atoms with Crippen LogP contribution in [-0.2, 0) is 19.0 Å². The molecule has 2 unspecified atom stereocenters. The maximum Gasteiger partial charge on any atom is 0.264 e. The molecule has 12 heavy (non-hydrogen) atoms. The second-order valence-electron chi connectivity index (χ2n) is 2.79. The third kappa shape index (κ3) is 3.48. The lowest BCUT2D eigenvalue weighted by atomic mass is 10.2. The van der Waals surface area contributed by atoms with Crippen LogP contribution in [-0.4, -0.2) is 38.8 Å². The largest absolute Gasteiger partial charge is 0.368 e. The summed E-state index contributed by atoms with van der Waals surface area (Å²) in [5.41, 5.74) is 0. The lowest BCUT2D eigenvalue weighted by molar-refractivity contribution is -0.150. The van der Waals surface area contributed by atoms with E-state index in [0.717, 1.165) is 6.26 Å². The Kier molecular flexibility index (Phi) is 3.05. The van der Waals surface area contributed by atoms with Gasteiger partial charge in [-0.15, -0.1) is 0 Å². The monoisotopic (exact) mass is 196 g/mol. The van der Waals surface area contributed by atoms with Crippen molar-refractivity contribution in [3.63, 3.8) is 0 Å². The summed E-state index contributed by atoms with van der Waals surface area (Å²) in [4.78, 5) is 0. The summed E-state index contributed by atoms with van der Waals surface area (Å²) in [6.45, 7) is 0.133. The highest BCUT2D eigenvalue weighted by Gasteiger charge is 2.23. The molecule has 0 saturated carbocycles. The number of hydrogen-bond acceptors (Lipinski definition) is 5. The van der Waals surface area contributed by atoms with Crippen LogP contribution < -0.4 is 0 Å². The van der Waals surface area contributed by atoms with Gasteiger partial charge in [-0.3, -0.25) is 4.18 Å². The molecule has 5 nitrogen and oxygen atoms in total. The Balaban J connectivity index is 2.36. The van der Waals surface area contributed by atoms with Crippen molar-refractivity contribution in [3.05, 3.63) is 0 Å². The molecule has 0 radical (unpaired) electrons. The zero-order valence-corrected chi connectivity index (χ0v) is 7.58. The minimum atomic E-state index is -3.40. The molecule has 0 aromatic rings. The Labute approximate surface area is 71.4 Å². The van der Waals surface area contributed by atoms with Gasteiger partial charge in [-0.05, 0) is 6.42 Å². The van der Waals surface area contributed by atoms with Crippen molar-refractivity contribution in [2.24, 2.45) is 0 Å². The Morgan fingerprint density at radius 2 is 2.17 bits per heavy atom. The molecule has 0 aromatic heterocycles. The summed E-state index contributed by atoms with van der Waals surface area (Å²) in [5, 5.41) is 8.90. The highest BCUT2D eigenvalue weighted by molar-refractivity contribution is 7.86. The number of hydrogen-bond donors (Lipinski definition) is 1. The standard InChI is InChI=1S/C6H12O5S/c1-12(8,9)11-5-2-3-6(7)10-4-5/h5-7H,2-4H2,1H3. The van der Waals surface area contributed by atoms with Crippen LogP contribution in [0.5, 0.6) is 0 Å². The summed E-state index contributed by atoms with van der Waals surface area (Å²) in [5.74, 6) is 0. The van der Waals surface area contributed by atoms with Crippen molar-refractivity contribution in [1.29, 1.82) is 0 Å². The predicted octanol–water partition coefficient (Wildman–Crippen LogP) is -0.540. The molecule has 6 heteroatoms. The SMILES string of the molecule is CS(=O)(=O)OC1CCC(O)OC1. The summed E-state index contributed by atoms with van der Waals surface area (Å²) < 4.78 is 30.7. The van der Waals surface area contributed by atoms with Gasteiger partial charge in [-0.2, -0.15) is 8.42 Å². The lowest BCUT2D eigenvalue weighted by Gasteiger charge is -2.24. The van der Waals surface area contributed by atoms with E-state index in [9.17, 15) is 8.42 Å². The van der Waals surface area contributed by atoms with Crippen molar-refractivity contribution in [3.8, 4) is 0 Å². The average molecular weight is 196 g/mol. The molecule has 72 valence electrons. The van der Waals surface area contributed by atoms with E-state index >= 15 is 0 Å². The summed E-state index contributed by atoms with van der Waals surface area (Å²) >= 11 is 0. The van der Waals surface area contributed by atoms with Crippen molar-refractivity contribution in [2.75, 3.05) is 12.9 Å². The van der Waals surface area contributed by atoms with Crippen LogP contribution in [0.4, 0.5) is 0 Å². The van der Waals surface area contributed by atoms with E-state index in [1.54, 1.807) is 0 Å². The molecule has 1 heterocycles. The fourth-order valence-electron chi connectivity index (χ4n) is 1.04. The molecule has 1 aliphatic rings. The molecule has 0 bridgehead atoms. The van der Waals surface area contributed by atoms with Gasteiger partial charge in [0.15, 0.2) is 6.29 Å². The summed E-state index contributed by atoms with van der Waals surface area (Å²) in [6, 6.07) is 0. The first-order valence-corrected chi connectivity index (χ1v) is 5.47. The van der Waals surface area contributed by atoms with Crippen LogP contribution in [0.3, 0.4) is 0 Å². The van der Waals surface area contributed by atoms with Gasteiger partial charge in [0, 0.05) is 6.42 Å². The van der Waals surface area contributed by atoms with Crippen LogP contribution in [0.2, 0.25) is 0 Å². The van der Waals surface area contributed by atoms with Crippen LogP contribution in [0.1, 0.15) is 12.8 Å². The van der Waals surface area contributed by atoms with E-state index in [4.69, 9.17) is 9.84 Å². The van der Waals surface area contributed by atoms with E-state index in [1.165, 1.54) is 0 Å². The molecule has 2 atom stereocenters. The lowest BCUT2D eigenvalue weighted by Crippen LogP contribution is -2.32. The molecule has 0 aliphatic carbocycles. The number of aliphatic hydroxyl groups is 1. The summed E-state index contributed by atoms with van der Waals surface area (Å²) in [7, 11) is -3.40. The van der Waals surface area contributed by atoms with E-state index in [1.807, 2.05) is 0 Å². The van der Waals surface area contributed by atoms with Crippen molar-refractivity contribution in [2.45, 2.75) is 25.2 Å². The molecule has 0 amide bonds. The first-order valence-electron chi connectivity index (χ1n) is 3.65. The van der Waals surface area contributed by atoms with Gasteiger partial charge in [-0.25, -0.2) is 0 Å². The van der Waals surface area contributed by atoms with Crippen molar-refractivity contribution in [1.82, 2.24) is 0 Å². The van der Waals surface area contributed by atoms with Gasteiger partial charge in [0.1, 0.15) is 6.10 Å². The molecular formula is C6H12O5S. The van der Waals surface area contributed by atoms with Gasteiger partial charge in [-0.1, -0.05) is 0 Å². The Bertz CT molecular complexity index is 226. The molecule has 1 N–H and O–H groups in total. The van der Waals surface area contributed by atoms with Gasteiger partial charge < -0.3 is 9.84 Å². The van der Waals surface area contributed by atoms with Gasteiger partial charge >= 0.3 is 0 Å². The topological polar surface area (TPSA) is 72.8 Å². The van der Waals surface area contributed by atoms with Crippen molar-refractivity contribution >= 4 is 10.1 Å². The Morgan fingerprint density at radius 3 is 2.58 bits per heavy atom. The maximum atomic E-state index is 10.6. The van der Waals surface area contributed by atoms with E-state index in [-0.39, 0.29) is 6.61 Å². The minimum Gasteiger partial charge on any atom is -0.368 e. The van der Waals surface area contributed by atoms with Crippen LogP contribution in [0.15, 0.2) is 0 Å². The minimum absolute atomic E-state index is 0.133. The summed E-state index contributed by atoms with van der Waals surface area (Å²) in [6.07, 6.45) is 0.708. The van der Waals surface area contributed by atoms with E-state index in [0.29, 0.717) is 12.8 Å². The first kappa shape index (κ1) is 9.91. The smallest absolute Gasteiger partial charge is 0.264 e. The zero-order valence-electron chi connectivity index (χ0n) is 6.76. The predicted molar refractivity (Wildman–Crippen MR) is 40.9 cm³/mol. The molecule has 1 aliphatic heterocycles. The first-order chi connectivity index (χ1) is 5.47. The van der Waals surface area contributed by atoms with Gasteiger partial charge in [0.05, 0.1) is 12.9 Å². The molecule has 1 rings (SSSR count). The van der Waals surface area contributed by atoms with Crippen LogP contribution >= 0.6 is 0 Å². The molecule has 0 spiro atoms. The quantitative estimate of drug-likeness (QED) is 0.600. The fourth-order valence-corrected chi connectivity index (χ4v) is 1.68. The molecule has 0 aromatic carbocycles. The number of aliphatic hydroxyl groups excluding tert-OH is 1. The Morgan fingerprint density at radius 1 is 1.50 bits per heavy atom. The highest BCUT2D eigenvalue weighted by Crippen LogP contribution is 2.15. The van der Waals surface area contributed by atoms with E-state index < -0.39 is 22.5 Å². The zero-order chi connectivity index (χ0) is 9.19. The normalized spacial score (nSPS) is 31.8. The molecular weight excluding hydrogens is 184 g/mol. The van der Waals surface area contributed by atoms with Gasteiger partial charge in [0.2, 0.25) is 0 Å². The number of rotatable bonds is 2. The average Bonchev–Trinajstić information content (AvgIpc) is 1.91. The second-order valence-corrected chi connectivity index (χ2v) is 4.39. The van der Waals surface area contributed by atoms with Crippen molar-refractivity contribution < 1.29 is 22.4 Å². The third-order valence-electron chi connectivity index (χ3n) is 1.52. The number of ether oxygens (including phenoxy) is 1. The van der Waals surface area contributed by atoms with Crippen LogP contribution in [0.25, 0.3) is 0 Å². The maximum absolute atomic E-state index is 10.6. The highest BCUT2D eigenvalue weighted by atomic mass is 32.2. The molecule has 1 saturated heterocycles. The molecule has 1 fully saturated rings. The third-order valence-corrected chi connectivity index (χ3v) is 2.14. The van der Waals surface area contributed by atoms with E-state index in [2.05, 4.69) is 4.18 Å². The van der Waals surface area contributed by atoms with Crippen LogP contribution in [0, 0.1) is 0 Å². The fraction of sp³-hybridized carbons (Fsp3) is 1.00. The Hall–Kier alpha value is -0.170. The second kappa shape index (κ2) is 3.69.